The van der Waals surface area contributed by atoms with Crippen LogP contribution in [-0.2, 0) is 14.3 Å². The molecule has 0 unspecified atom stereocenters. The first-order valence-corrected chi connectivity index (χ1v) is 11.9. The third kappa shape index (κ3) is 5.21. The number of esters is 1. The van der Waals surface area contributed by atoms with Gasteiger partial charge in [-0.1, -0.05) is 47.2 Å². The van der Waals surface area contributed by atoms with Gasteiger partial charge in [0.05, 0.1) is 34.4 Å². The second kappa shape index (κ2) is 10.3. The topological polar surface area (TPSA) is 110 Å². The Morgan fingerprint density at radius 1 is 1.17 bits per heavy atom. The Balaban J connectivity index is 1.81. The predicted molar refractivity (Wildman–Crippen MR) is 129 cm³/mol. The molecule has 3 aromatic rings. The molecule has 8 nitrogen and oxygen atoms in total. The zero-order valence-corrected chi connectivity index (χ0v) is 20.4. The maximum atomic E-state index is 13.5. The number of thiazole rings is 1. The van der Waals surface area contributed by atoms with Gasteiger partial charge < -0.3 is 19.4 Å². The Kier molecular flexibility index (Phi) is 7.18. The second-order valence-electron chi connectivity index (χ2n) is 7.58. The number of hydrogen-bond donors (Lipinski definition) is 0. The third-order valence-corrected chi connectivity index (χ3v) is 6.47. The maximum Gasteiger partial charge on any atom is 0.338 e. The average molecular weight is 512 g/mol. The van der Waals surface area contributed by atoms with Gasteiger partial charge in [-0.05, 0) is 55.3 Å². The molecule has 2 heterocycles. The molecule has 0 radical (unpaired) electrons. The molecule has 10 heteroatoms. The van der Waals surface area contributed by atoms with Gasteiger partial charge >= 0.3 is 5.97 Å². The van der Waals surface area contributed by atoms with E-state index >= 15 is 0 Å². The van der Waals surface area contributed by atoms with Crippen LogP contribution in [0, 0.1) is 0 Å². The smallest absolute Gasteiger partial charge is 0.338 e. The van der Waals surface area contributed by atoms with Gasteiger partial charge in [0.1, 0.15) is 12.4 Å². The van der Waals surface area contributed by atoms with Gasteiger partial charge in [0.25, 0.3) is 5.56 Å². The zero-order valence-electron chi connectivity index (χ0n) is 18.8. The lowest BCUT2D eigenvalue weighted by atomic mass is 9.96. The van der Waals surface area contributed by atoms with Crippen molar-refractivity contribution in [2.75, 3.05) is 13.2 Å². The van der Waals surface area contributed by atoms with Crippen molar-refractivity contribution in [1.82, 2.24) is 4.57 Å². The number of allylic oxidation sites excluding steroid dienone is 1. The number of ether oxygens (including phenoxy) is 2. The number of carboxylic acid groups (broad SMARTS) is 1. The number of carboxylic acids is 1. The minimum atomic E-state index is -1.32. The van der Waals surface area contributed by atoms with Gasteiger partial charge in [-0.2, -0.15) is 0 Å². The summed E-state index contributed by atoms with van der Waals surface area (Å²) in [6, 6.07) is 12.8. The number of hydrogen-bond acceptors (Lipinski definition) is 8. The predicted octanol–water partition coefficient (Wildman–Crippen LogP) is 1.58. The van der Waals surface area contributed by atoms with Crippen LogP contribution in [0.25, 0.3) is 6.08 Å². The van der Waals surface area contributed by atoms with Crippen LogP contribution < -0.4 is 24.7 Å². The van der Waals surface area contributed by atoms with Crippen molar-refractivity contribution in [1.29, 1.82) is 0 Å². The number of carbonyl (C=O) groups is 2. The van der Waals surface area contributed by atoms with E-state index < -0.39 is 24.6 Å². The lowest BCUT2D eigenvalue weighted by Crippen LogP contribution is -2.39. The minimum Gasteiger partial charge on any atom is -0.546 e. The summed E-state index contributed by atoms with van der Waals surface area (Å²) in [5, 5.41) is 11.1. The van der Waals surface area contributed by atoms with Crippen LogP contribution in [0.2, 0.25) is 5.02 Å². The molecule has 1 aliphatic heterocycles. The van der Waals surface area contributed by atoms with E-state index in [1.807, 2.05) is 0 Å². The first kappa shape index (κ1) is 24.4. The van der Waals surface area contributed by atoms with Crippen molar-refractivity contribution < 1.29 is 24.2 Å². The first-order chi connectivity index (χ1) is 16.8. The Morgan fingerprint density at radius 3 is 2.49 bits per heavy atom. The maximum absolute atomic E-state index is 13.5. The van der Waals surface area contributed by atoms with Crippen molar-refractivity contribution in [3.63, 3.8) is 0 Å². The molecule has 180 valence electrons. The summed E-state index contributed by atoms with van der Waals surface area (Å²) < 4.78 is 12.3. The molecule has 1 aromatic heterocycles. The highest BCUT2D eigenvalue weighted by atomic mass is 35.5. The SMILES string of the molecule is CCOC(=O)C1=C(C)N=c2s/c(=C\c3ccc(OCC(=O)[O-])cc3)c(=O)n2[C@H]1c1ccc(Cl)cc1. The van der Waals surface area contributed by atoms with Crippen LogP contribution in [0.5, 0.6) is 5.75 Å². The van der Waals surface area contributed by atoms with Crippen LogP contribution in [-0.4, -0.2) is 29.7 Å². The van der Waals surface area contributed by atoms with E-state index in [2.05, 4.69) is 4.99 Å². The quantitative estimate of drug-likeness (QED) is 0.445. The van der Waals surface area contributed by atoms with Gasteiger partial charge in [-0.3, -0.25) is 9.36 Å². The number of nitrogens with zero attached hydrogens (tertiary/aromatic N) is 2. The number of rotatable bonds is 7. The zero-order chi connectivity index (χ0) is 25.1. The molecule has 0 amide bonds. The van der Waals surface area contributed by atoms with Crippen molar-refractivity contribution in [2.45, 2.75) is 19.9 Å². The normalized spacial score (nSPS) is 15.4. The lowest BCUT2D eigenvalue weighted by molar-refractivity contribution is -0.307. The number of carbonyl (C=O) groups excluding carboxylic acids is 2. The number of benzene rings is 2. The van der Waals surface area contributed by atoms with Crippen molar-refractivity contribution in [3.05, 3.63) is 95.6 Å². The van der Waals surface area contributed by atoms with Gasteiger partial charge in [0.2, 0.25) is 0 Å². The Labute approximate surface area is 209 Å². The third-order valence-electron chi connectivity index (χ3n) is 5.24. The monoisotopic (exact) mass is 511 g/mol. The molecular formula is C25H20ClN2O6S-. The average Bonchev–Trinajstić information content (AvgIpc) is 3.12. The fraction of sp³-hybridized carbons (Fsp3) is 0.200. The Morgan fingerprint density at radius 2 is 1.86 bits per heavy atom. The van der Waals surface area contributed by atoms with Crippen LogP contribution in [0.3, 0.4) is 0 Å². The number of halogens is 1. The minimum absolute atomic E-state index is 0.191. The Hall–Kier alpha value is -3.69. The summed E-state index contributed by atoms with van der Waals surface area (Å²) in [5.74, 6) is -1.48. The fourth-order valence-corrected chi connectivity index (χ4v) is 4.88. The first-order valence-electron chi connectivity index (χ1n) is 10.7. The van der Waals surface area contributed by atoms with Gasteiger partial charge in [0.15, 0.2) is 4.80 Å². The lowest BCUT2D eigenvalue weighted by Gasteiger charge is -2.24. The van der Waals surface area contributed by atoms with E-state index in [9.17, 15) is 19.5 Å². The molecule has 4 rings (SSSR count). The molecule has 35 heavy (non-hydrogen) atoms. The summed E-state index contributed by atoms with van der Waals surface area (Å²) in [4.78, 5) is 41.9. The van der Waals surface area contributed by atoms with Crippen LogP contribution >= 0.6 is 22.9 Å². The highest BCUT2D eigenvalue weighted by Crippen LogP contribution is 2.31. The van der Waals surface area contributed by atoms with Crippen molar-refractivity contribution >= 4 is 41.0 Å². The van der Waals surface area contributed by atoms with E-state index in [1.165, 1.54) is 15.9 Å². The Bertz CT molecular complexity index is 1490. The summed E-state index contributed by atoms with van der Waals surface area (Å²) in [6.07, 6.45) is 1.70. The summed E-state index contributed by atoms with van der Waals surface area (Å²) in [6.45, 7) is 3.08. The molecule has 0 fully saturated rings. The van der Waals surface area contributed by atoms with Crippen LogP contribution in [0.4, 0.5) is 0 Å². The largest absolute Gasteiger partial charge is 0.546 e. The summed E-state index contributed by atoms with van der Waals surface area (Å²) in [7, 11) is 0. The van der Waals surface area contributed by atoms with E-state index in [0.29, 0.717) is 42.5 Å². The van der Waals surface area contributed by atoms with Crippen LogP contribution in [0.15, 0.2) is 69.6 Å². The van der Waals surface area contributed by atoms with Gasteiger partial charge in [0, 0.05) is 5.02 Å². The highest BCUT2D eigenvalue weighted by molar-refractivity contribution is 7.07. The molecule has 2 aromatic carbocycles. The molecule has 1 atom stereocenters. The summed E-state index contributed by atoms with van der Waals surface area (Å²) in [5.41, 5.74) is 1.88. The van der Waals surface area contributed by atoms with Crippen molar-refractivity contribution in [3.8, 4) is 5.75 Å². The van der Waals surface area contributed by atoms with E-state index in [4.69, 9.17) is 21.1 Å². The van der Waals surface area contributed by atoms with Crippen molar-refractivity contribution in [2.24, 2.45) is 4.99 Å². The van der Waals surface area contributed by atoms with E-state index in [-0.39, 0.29) is 12.2 Å². The second-order valence-corrected chi connectivity index (χ2v) is 9.03. The van der Waals surface area contributed by atoms with E-state index in [0.717, 1.165) is 0 Å². The highest BCUT2D eigenvalue weighted by Gasteiger charge is 2.33. The number of aromatic nitrogens is 1. The molecule has 0 bridgehead atoms. The standard InChI is InChI=1S/C25H21ClN2O6S/c1-3-33-24(32)21-14(2)27-25-28(22(21)16-6-8-17(26)9-7-16)23(31)19(35-25)12-15-4-10-18(11-5-15)34-13-20(29)30/h4-12,22H,3,13H2,1-2H3,(H,29,30)/p-1/b19-12-/t22-/m0/s1. The number of aliphatic carboxylic acids is 1. The van der Waals surface area contributed by atoms with Gasteiger partial charge in [-0.25, -0.2) is 9.79 Å². The number of fused-ring (bicyclic) bond motifs is 1. The van der Waals surface area contributed by atoms with E-state index in [1.54, 1.807) is 68.5 Å². The molecule has 0 spiro atoms. The molecule has 0 saturated heterocycles. The molecule has 0 aliphatic carbocycles. The van der Waals surface area contributed by atoms with Gasteiger partial charge in [-0.15, -0.1) is 0 Å². The summed E-state index contributed by atoms with van der Waals surface area (Å²) >= 11 is 7.27. The molecule has 0 saturated carbocycles. The fourth-order valence-electron chi connectivity index (χ4n) is 3.71. The van der Waals surface area contributed by atoms with Crippen LogP contribution in [0.1, 0.15) is 31.0 Å². The molecular weight excluding hydrogens is 492 g/mol. The molecule has 1 aliphatic rings. The molecule has 0 N–H and O–H groups in total.